The van der Waals surface area contributed by atoms with Crippen molar-refractivity contribution in [3.8, 4) is 17.2 Å². The van der Waals surface area contributed by atoms with Gasteiger partial charge < -0.3 is 14.2 Å². The average molecular weight is 354 g/mol. The Morgan fingerprint density at radius 3 is 2.24 bits per heavy atom. The summed E-state index contributed by atoms with van der Waals surface area (Å²) in [4.78, 5) is 22.2. The smallest absolute Gasteiger partial charge is 0.420 e. The van der Waals surface area contributed by atoms with Gasteiger partial charge in [0, 0.05) is 5.56 Å². The van der Waals surface area contributed by atoms with E-state index in [4.69, 9.17) is 9.47 Å². The molecule has 0 saturated carbocycles. The Balaban J connectivity index is 2.49. The molecule has 0 radical (unpaired) electrons. The fraction of sp³-hybridized carbons (Fsp3) is 0.176. The highest BCUT2D eigenvalue weighted by Gasteiger charge is 2.35. The van der Waals surface area contributed by atoms with Crippen LogP contribution in [0, 0.1) is 0 Å². The van der Waals surface area contributed by atoms with Gasteiger partial charge in [0.1, 0.15) is 12.0 Å². The third-order valence-electron chi connectivity index (χ3n) is 3.25. The van der Waals surface area contributed by atoms with Crippen LogP contribution in [0.25, 0.3) is 0 Å². The van der Waals surface area contributed by atoms with E-state index >= 15 is 0 Å². The molecule has 0 aliphatic carbocycles. The lowest BCUT2D eigenvalue weighted by atomic mass is 10.1. The Labute approximate surface area is 140 Å². The summed E-state index contributed by atoms with van der Waals surface area (Å²) in [7, 11) is 2.36. The van der Waals surface area contributed by atoms with E-state index in [2.05, 4.69) is 4.74 Å². The normalized spacial score (nSPS) is 10.9. The molecule has 2 aromatic rings. The molecule has 0 amide bonds. The number of carbonyl (C=O) groups is 2. The van der Waals surface area contributed by atoms with Crippen LogP contribution < -0.4 is 9.47 Å². The first-order valence-corrected chi connectivity index (χ1v) is 6.90. The number of alkyl halides is 3. The van der Waals surface area contributed by atoms with Gasteiger partial charge >= 0.3 is 12.1 Å². The van der Waals surface area contributed by atoms with Crippen LogP contribution in [0.5, 0.6) is 17.2 Å². The summed E-state index contributed by atoms with van der Waals surface area (Å²) < 4.78 is 54.6. The molecule has 2 rings (SSSR count). The molecule has 0 aliphatic heterocycles. The molecule has 0 unspecified atom stereocenters. The second-order valence-corrected chi connectivity index (χ2v) is 4.83. The lowest BCUT2D eigenvalue weighted by Crippen LogP contribution is -2.10. The van der Waals surface area contributed by atoms with Crippen molar-refractivity contribution in [2.75, 3.05) is 14.2 Å². The van der Waals surface area contributed by atoms with Crippen LogP contribution in [0.15, 0.2) is 36.4 Å². The molecule has 2 aromatic carbocycles. The zero-order chi connectivity index (χ0) is 18.6. The zero-order valence-electron chi connectivity index (χ0n) is 13.2. The minimum Gasteiger partial charge on any atom is -0.493 e. The molecule has 0 bridgehead atoms. The summed E-state index contributed by atoms with van der Waals surface area (Å²) in [5, 5.41) is 0. The maximum atomic E-state index is 13.3. The molecule has 0 N–H and O–H groups in total. The topological polar surface area (TPSA) is 61.8 Å². The fourth-order valence-corrected chi connectivity index (χ4v) is 2.05. The molecule has 0 fully saturated rings. The van der Waals surface area contributed by atoms with Crippen molar-refractivity contribution in [2.24, 2.45) is 0 Å². The highest BCUT2D eigenvalue weighted by atomic mass is 19.4. The van der Waals surface area contributed by atoms with Crippen LogP contribution in [-0.2, 0) is 10.9 Å². The van der Waals surface area contributed by atoms with Crippen molar-refractivity contribution in [3.05, 3.63) is 53.1 Å². The molecule has 0 heterocycles. The Kier molecular flexibility index (Phi) is 5.31. The number of rotatable bonds is 5. The Morgan fingerprint density at radius 1 is 1.00 bits per heavy atom. The molecule has 25 heavy (non-hydrogen) atoms. The fourth-order valence-electron chi connectivity index (χ4n) is 2.05. The molecule has 5 nitrogen and oxygen atoms in total. The van der Waals surface area contributed by atoms with E-state index < -0.39 is 23.5 Å². The van der Waals surface area contributed by atoms with Crippen LogP contribution in [-0.4, -0.2) is 26.5 Å². The lowest BCUT2D eigenvalue weighted by Gasteiger charge is -2.16. The summed E-state index contributed by atoms with van der Waals surface area (Å²) in [5.74, 6) is -1.33. The van der Waals surface area contributed by atoms with Crippen LogP contribution in [0.4, 0.5) is 13.2 Å². The van der Waals surface area contributed by atoms with E-state index in [9.17, 15) is 22.8 Å². The SMILES string of the molecule is COC(=O)c1ccc(Oc2ccc(C=O)cc2OC)c(C(F)(F)F)c1. The highest BCUT2D eigenvalue weighted by Crippen LogP contribution is 2.41. The second-order valence-electron chi connectivity index (χ2n) is 4.83. The minimum atomic E-state index is -4.75. The third kappa shape index (κ3) is 4.09. The summed E-state index contributed by atoms with van der Waals surface area (Å²) in [6.45, 7) is 0. The van der Waals surface area contributed by atoms with Gasteiger partial charge in [-0.15, -0.1) is 0 Å². The first-order valence-electron chi connectivity index (χ1n) is 6.90. The Morgan fingerprint density at radius 2 is 1.68 bits per heavy atom. The minimum absolute atomic E-state index is 0.00980. The monoisotopic (exact) mass is 354 g/mol. The zero-order valence-corrected chi connectivity index (χ0v) is 13.2. The van der Waals surface area contributed by atoms with Gasteiger partial charge in [0.25, 0.3) is 0 Å². The highest BCUT2D eigenvalue weighted by molar-refractivity contribution is 5.89. The number of ether oxygens (including phenoxy) is 3. The van der Waals surface area contributed by atoms with Gasteiger partial charge in [-0.25, -0.2) is 4.79 Å². The molecular weight excluding hydrogens is 341 g/mol. The van der Waals surface area contributed by atoms with Crippen LogP contribution in [0.3, 0.4) is 0 Å². The van der Waals surface area contributed by atoms with Crippen molar-refractivity contribution in [2.45, 2.75) is 6.18 Å². The van der Waals surface area contributed by atoms with E-state index in [-0.39, 0.29) is 22.6 Å². The van der Waals surface area contributed by atoms with Crippen LogP contribution in [0.2, 0.25) is 0 Å². The van der Waals surface area contributed by atoms with Crippen molar-refractivity contribution >= 4 is 12.3 Å². The van der Waals surface area contributed by atoms with Gasteiger partial charge in [0.2, 0.25) is 0 Å². The molecule has 0 atom stereocenters. The Hall–Kier alpha value is -3.03. The first-order chi connectivity index (χ1) is 11.8. The summed E-state index contributed by atoms with van der Waals surface area (Å²) in [6.07, 6.45) is -4.19. The number of aldehydes is 1. The molecule has 8 heteroatoms. The van der Waals surface area contributed by atoms with Crippen LogP contribution in [0.1, 0.15) is 26.3 Å². The van der Waals surface area contributed by atoms with Gasteiger partial charge in [-0.05, 0) is 36.4 Å². The summed E-state index contributed by atoms with van der Waals surface area (Å²) in [5.41, 5.74) is -1.12. The summed E-state index contributed by atoms with van der Waals surface area (Å²) in [6, 6.07) is 6.84. The number of hydrogen-bond acceptors (Lipinski definition) is 5. The van der Waals surface area contributed by atoms with Gasteiger partial charge in [-0.2, -0.15) is 13.2 Å². The van der Waals surface area contributed by atoms with E-state index in [1.54, 1.807) is 0 Å². The number of halogens is 3. The van der Waals surface area contributed by atoms with Gasteiger partial charge in [0.15, 0.2) is 11.5 Å². The second kappa shape index (κ2) is 7.25. The predicted molar refractivity (Wildman–Crippen MR) is 81.2 cm³/mol. The largest absolute Gasteiger partial charge is 0.493 e. The van der Waals surface area contributed by atoms with E-state index in [0.717, 1.165) is 19.2 Å². The molecule has 132 valence electrons. The van der Waals surface area contributed by atoms with Crippen LogP contribution >= 0.6 is 0 Å². The number of benzene rings is 2. The molecule has 0 aromatic heterocycles. The van der Waals surface area contributed by atoms with Gasteiger partial charge in [0.05, 0.1) is 25.3 Å². The number of methoxy groups -OCH3 is 2. The molecular formula is C17H13F3O5. The standard InChI is InChI=1S/C17H13F3O5/c1-23-15-7-10(9-21)3-5-14(15)25-13-6-4-11(16(22)24-2)8-12(13)17(18,19)20/h3-9H,1-2H3. The predicted octanol–water partition coefficient (Wildman–Crippen LogP) is 4.11. The number of hydrogen-bond donors (Lipinski definition) is 0. The molecule has 0 aliphatic rings. The summed E-state index contributed by atoms with van der Waals surface area (Å²) >= 11 is 0. The number of carbonyl (C=O) groups excluding carboxylic acids is 2. The lowest BCUT2D eigenvalue weighted by molar-refractivity contribution is -0.138. The quantitative estimate of drug-likeness (QED) is 0.597. The van der Waals surface area contributed by atoms with Crippen molar-refractivity contribution in [1.29, 1.82) is 0 Å². The van der Waals surface area contributed by atoms with Gasteiger partial charge in [-0.1, -0.05) is 0 Å². The van der Waals surface area contributed by atoms with E-state index in [0.29, 0.717) is 12.4 Å². The number of esters is 1. The molecule has 0 saturated heterocycles. The van der Waals surface area contributed by atoms with Gasteiger partial charge in [-0.3, -0.25) is 4.79 Å². The van der Waals surface area contributed by atoms with Crippen molar-refractivity contribution in [1.82, 2.24) is 0 Å². The maximum absolute atomic E-state index is 13.3. The van der Waals surface area contributed by atoms with Crippen molar-refractivity contribution in [3.63, 3.8) is 0 Å². The first kappa shape index (κ1) is 18.3. The van der Waals surface area contributed by atoms with Crippen molar-refractivity contribution < 1.29 is 37.0 Å². The van der Waals surface area contributed by atoms with E-state index in [1.165, 1.54) is 25.3 Å². The maximum Gasteiger partial charge on any atom is 0.420 e. The average Bonchev–Trinajstić information content (AvgIpc) is 2.60. The molecule has 0 spiro atoms. The van der Waals surface area contributed by atoms with E-state index in [1.807, 2.05) is 0 Å². The third-order valence-corrected chi connectivity index (χ3v) is 3.25. The Bertz CT molecular complexity index is 799.